The van der Waals surface area contributed by atoms with Crippen LogP contribution in [0.3, 0.4) is 0 Å². The quantitative estimate of drug-likeness (QED) is 0.701. The number of fused-ring (bicyclic) bond motifs is 1. The number of anilines is 1. The van der Waals surface area contributed by atoms with Gasteiger partial charge in [0.1, 0.15) is 11.5 Å². The summed E-state index contributed by atoms with van der Waals surface area (Å²) in [6.45, 7) is 1.90. The first-order chi connectivity index (χ1) is 12.0. The van der Waals surface area contributed by atoms with Gasteiger partial charge in [-0.15, -0.1) is 11.8 Å². The molecule has 0 aromatic carbocycles. The molecule has 4 atom stereocenters. The maximum atomic E-state index is 10.3. The van der Waals surface area contributed by atoms with Crippen LogP contribution in [0.5, 0.6) is 0 Å². The fourth-order valence-corrected chi connectivity index (χ4v) is 5.21. The zero-order valence-electron chi connectivity index (χ0n) is 14.0. The largest absolute Gasteiger partial charge is 0.389 e. The zero-order valence-corrected chi connectivity index (χ0v) is 15.5. The highest BCUT2D eigenvalue weighted by atomic mass is 35.5. The molecule has 1 saturated heterocycles. The number of aromatic nitrogens is 4. The van der Waals surface area contributed by atoms with Crippen molar-refractivity contribution < 1.29 is 10.2 Å². The first-order valence-electron chi connectivity index (χ1n) is 8.73. The van der Waals surface area contributed by atoms with E-state index in [-0.39, 0.29) is 15.9 Å². The molecule has 4 rings (SSSR count). The van der Waals surface area contributed by atoms with Gasteiger partial charge in [0.05, 0.1) is 12.4 Å². The van der Waals surface area contributed by atoms with Crippen LogP contribution < -0.4 is 5.32 Å². The molecular formula is C16H22ClN5O2S. The first-order valence-corrected chi connectivity index (χ1v) is 10.0. The third-order valence-electron chi connectivity index (χ3n) is 5.09. The Kier molecular flexibility index (Phi) is 4.79. The standard InChI is InChI=1S/C16H22ClN5O2S/c1-8-11(23)12(24)15(25-8)22-7-18-10-13(20-16(17)21-14(10)22)19-9-5-3-2-4-6-9/h7-9,11-12,15,23-24H,2-6H2,1H3,(H,19,20,21)/t8-,11+,12+,15-/m0/s1. The zero-order chi connectivity index (χ0) is 17.6. The summed E-state index contributed by atoms with van der Waals surface area (Å²) in [5.41, 5.74) is 1.23. The van der Waals surface area contributed by atoms with Crippen LogP contribution in [0.15, 0.2) is 6.33 Å². The Morgan fingerprint density at radius 3 is 2.64 bits per heavy atom. The van der Waals surface area contributed by atoms with E-state index in [0.29, 0.717) is 23.0 Å². The molecule has 2 aromatic rings. The average Bonchev–Trinajstić information content (AvgIpc) is 3.12. The van der Waals surface area contributed by atoms with Crippen molar-refractivity contribution in [2.75, 3.05) is 5.32 Å². The number of hydrogen-bond donors (Lipinski definition) is 3. The average molecular weight is 384 g/mol. The molecule has 1 aliphatic heterocycles. The minimum Gasteiger partial charge on any atom is -0.389 e. The van der Waals surface area contributed by atoms with Gasteiger partial charge in [-0.1, -0.05) is 26.2 Å². The van der Waals surface area contributed by atoms with Crippen molar-refractivity contribution in [2.24, 2.45) is 0 Å². The van der Waals surface area contributed by atoms with Crippen LogP contribution in [0, 0.1) is 0 Å². The predicted octanol–water partition coefficient (Wildman–Crippen LogP) is 2.58. The van der Waals surface area contributed by atoms with Gasteiger partial charge in [0.2, 0.25) is 5.28 Å². The molecule has 1 aliphatic carbocycles. The van der Waals surface area contributed by atoms with Crippen molar-refractivity contribution in [1.82, 2.24) is 19.5 Å². The number of nitrogens with one attached hydrogen (secondary N) is 1. The molecule has 2 fully saturated rings. The van der Waals surface area contributed by atoms with Gasteiger partial charge >= 0.3 is 0 Å². The Balaban J connectivity index is 1.69. The Hall–Kier alpha value is -1.09. The Bertz CT molecular complexity index is 766. The van der Waals surface area contributed by atoms with E-state index < -0.39 is 12.2 Å². The van der Waals surface area contributed by atoms with E-state index >= 15 is 0 Å². The second kappa shape index (κ2) is 6.90. The maximum Gasteiger partial charge on any atom is 0.226 e. The Morgan fingerprint density at radius 2 is 1.96 bits per heavy atom. The molecule has 0 amide bonds. The summed E-state index contributed by atoms with van der Waals surface area (Å²) in [6.07, 6.45) is 5.95. The summed E-state index contributed by atoms with van der Waals surface area (Å²) in [6, 6.07) is 0.376. The lowest BCUT2D eigenvalue weighted by Crippen LogP contribution is -2.30. The van der Waals surface area contributed by atoms with Gasteiger partial charge in [-0.25, -0.2) is 4.98 Å². The van der Waals surface area contributed by atoms with E-state index in [9.17, 15) is 10.2 Å². The van der Waals surface area contributed by atoms with E-state index in [1.165, 1.54) is 31.0 Å². The maximum absolute atomic E-state index is 10.3. The number of imidazole rings is 1. The fraction of sp³-hybridized carbons (Fsp3) is 0.688. The number of aliphatic hydroxyl groups is 2. The monoisotopic (exact) mass is 383 g/mol. The van der Waals surface area contributed by atoms with Crippen molar-refractivity contribution in [3.8, 4) is 0 Å². The van der Waals surface area contributed by atoms with Crippen molar-refractivity contribution in [1.29, 1.82) is 0 Å². The summed E-state index contributed by atoms with van der Waals surface area (Å²) in [4.78, 5) is 13.1. The van der Waals surface area contributed by atoms with Crippen LogP contribution in [-0.2, 0) is 0 Å². The highest BCUT2D eigenvalue weighted by Crippen LogP contribution is 2.43. The molecule has 3 heterocycles. The smallest absolute Gasteiger partial charge is 0.226 e. The van der Waals surface area contributed by atoms with E-state index in [4.69, 9.17) is 11.6 Å². The van der Waals surface area contributed by atoms with Crippen LogP contribution in [0.25, 0.3) is 11.2 Å². The normalized spacial score (nSPS) is 30.9. The minimum absolute atomic E-state index is 0.0606. The fourth-order valence-electron chi connectivity index (χ4n) is 3.67. The van der Waals surface area contributed by atoms with Gasteiger partial charge in [-0.05, 0) is 24.4 Å². The topological polar surface area (TPSA) is 96.1 Å². The van der Waals surface area contributed by atoms with E-state index in [1.807, 2.05) is 6.92 Å². The number of aliphatic hydroxyl groups excluding tert-OH is 2. The lowest BCUT2D eigenvalue weighted by atomic mass is 9.95. The molecule has 136 valence electrons. The molecule has 1 saturated carbocycles. The second-order valence-corrected chi connectivity index (χ2v) is 8.69. The summed E-state index contributed by atoms with van der Waals surface area (Å²) < 4.78 is 1.79. The predicted molar refractivity (Wildman–Crippen MR) is 98.9 cm³/mol. The van der Waals surface area contributed by atoms with Gasteiger partial charge in [0.25, 0.3) is 0 Å². The molecule has 3 N–H and O–H groups in total. The molecule has 0 bridgehead atoms. The number of rotatable bonds is 3. The van der Waals surface area contributed by atoms with E-state index in [0.717, 1.165) is 12.8 Å². The van der Waals surface area contributed by atoms with Crippen LogP contribution in [-0.4, -0.2) is 53.2 Å². The van der Waals surface area contributed by atoms with E-state index in [1.54, 1.807) is 10.9 Å². The molecule has 0 radical (unpaired) electrons. The van der Waals surface area contributed by atoms with Gasteiger partial charge in [-0.3, -0.25) is 4.57 Å². The molecular weight excluding hydrogens is 362 g/mol. The minimum atomic E-state index is -0.874. The lowest BCUT2D eigenvalue weighted by molar-refractivity contribution is 0.0206. The van der Waals surface area contributed by atoms with Crippen LogP contribution >= 0.6 is 23.4 Å². The van der Waals surface area contributed by atoms with Crippen LogP contribution in [0.4, 0.5) is 5.82 Å². The summed E-state index contributed by atoms with van der Waals surface area (Å²) >= 11 is 7.65. The molecule has 0 spiro atoms. The van der Waals surface area contributed by atoms with Crippen LogP contribution in [0.1, 0.15) is 44.4 Å². The Morgan fingerprint density at radius 1 is 1.20 bits per heavy atom. The van der Waals surface area contributed by atoms with Crippen molar-refractivity contribution in [3.63, 3.8) is 0 Å². The van der Waals surface area contributed by atoms with Crippen LogP contribution in [0.2, 0.25) is 5.28 Å². The molecule has 7 nitrogen and oxygen atoms in total. The second-order valence-electron chi connectivity index (χ2n) is 6.86. The third kappa shape index (κ3) is 3.20. The molecule has 25 heavy (non-hydrogen) atoms. The summed E-state index contributed by atoms with van der Waals surface area (Å²) in [5.74, 6) is 0.645. The summed E-state index contributed by atoms with van der Waals surface area (Å²) in [7, 11) is 0. The SMILES string of the molecule is C[C@@H]1S[C@H](n2cnc3c(NC4CCCCC4)nc(Cl)nc32)[C@H](O)[C@@H]1O. The molecule has 0 unspecified atom stereocenters. The third-order valence-corrected chi connectivity index (χ3v) is 6.75. The van der Waals surface area contributed by atoms with Gasteiger partial charge in [0.15, 0.2) is 17.0 Å². The van der Waals surface area contributed by atoms with Gasteiger partial charge < -0.3 is 15.5 Å². The molecule has 2 aliphatic rings. The Labute approximate surface area is 155 Å². The highest BCUT2D eigenvalue weighted by Gasteiger charge is 2.41. The summed E-state index contributed by atoms with van der Waals surface area (Å²) in [5, 5.41) is 23.6. The van der Waals surface area contributed by atoms with E-state index in [2.05, 4.69) is 20.3 Å². The highest BCUT2D eigenvalue weighted by molar-refractivity contribution is 8.00. The lowest BCUT2D eigenvalue weighted by Gasteiger charge is -2.23. The number of thioether (sulfide) groups is 1. The van der Waals surface area contributed by atoms with Crippen molar-refractivity contribution >= 4 is 40.3 Å². The molecule has 2 aromatic heterocycles. The van der Waals surface area contributed by atoms with Crippen molar-refractivity contribution in [2.45, 2.75) is 67.9 Å². The van der Waals surface area contributed by atoms with Crippen molar-refractivity contribution in [3.05, 3.63) is 11.6 Å². The number of halogens is 1. The molecule has 9 heteroatoms. The van der Waals surface area contributed by atoms with Gasteiger partial charge in [0, 0.05) is 11.3 Å². The number of hydrogen-bond acceptors (Lipinski definition) is 7. The first kappa shape index (κ1) is 17.3. The van der Waals surface area contributed by atoms with Gasteiger partial charge in [-0.2, -0.15) is 9.97 Å². The number of nitrogens with zero attached hydrogens (tertiary/aromatic N) is 4.